The minimum atomic E-state index is -0.406. The Hall–Kier alpha value is -1.14. The zero-order valence-corrected chi connectivity index (χ0v) is 12.9. The Balaban J connectivity index is 1.84. The molecule has 6 nitrogen and oxygen atoms in total. The van der Waals surface area contributed by atoms with Gasteiger partial charge in [-0.3, -0.25) is 9.59 Å². The lowest BCUT2D eigenvalue weighted by atomic mass is 10.1. The highest BCUT2D eigenvalue weighted by molar-refractivity contribution is 5.70. The number of carbonyl (C=O) groups excluding carboxylic acids is 2. The van der Waals surface area contributed by atoms with Gasteiger partial charge < -0.3 is 18.9 Å². The molecular formula is C15H24O6. The highest BCUT2D eigenvalue weighted by Crippen LogP contribution is 2.31. The van der Waals surface area contributed by atoms with Crippen molar-refractivity contribution >= 4 is 11.9 Å². The highest BCUT2D eigenvalue weighted by Gasteiger charge is 2.51. The Morgan fingerprint density at radius 3 is 2.05 bits per heavy atom. The second kappa shape index (κ2) is 7.22. The molecule has 0 N–H and O–H groups in total. The molecule has 2 saturated heterocycles. The molecule has 0 bridgehead atoms. The standard InChI is InChI=1S/C15H24O6/c1-4-5-12(16)20-10-7-18-15-11(8-19-14(10)15)21-13(17)6-9(2)3/h9-11,14-15H,4-8H2,1-3H3/t10-,11+,14+,15+/m0/s1. The number of esters is 2. The zero-order valence-electron chi connectivity index (χ0n) is 12.9. The Morgan fingerprint density at radius 2 is 1.57 bits per heavy atom. The van der Waals surface area contributed by atoms with Gasteiger partial charge in [-0.1, -0.05) is 20.8 Å². The molecule has 0 aliphatic carbocycles. The number of carbonyl (C=O) groups is 2. The van der Waals surface area contributed by atoms with Crippen LogP contribution in [0.1, 0.15) is 40.0 Å². The van der Waals surface area contributed by atoms with Gasteiger partial charge >= 0.3 is 11.9 Å². The summed E-state index contributed by atoms with van der Waals surface area (Å²) in [7, 11) is 0. The first-order valence-electron chi connectivity index (χ1n) is 7.63. The average molecular weight is 300 g/mol. The van der Waals surface area contributed by atoms with Crippen LogP contribution in [0.25, 0.3) is 0 Å². The quantitative estimate of drug-likeness (QED) is 0.692. The van der Waals surface area contributed by atoms with E-state index in [0.717, 1.165) is 6.42 Å². The SMILES string of the molecule is CCCC(=O)O[C@H]1CO[C@H]2[C@@H]1OC[C@H]2OC(=O)CC(C)C. The predicted octanol–water partition coefficient (Wildman–Crippen LogP) is 1.45. The molecule has 0 aromatic carbocycles. The molecule has 2 aliphatic rings. The van der Waals surface area contributed by atoms with Crippen LogP contribution < -0.4 is 0 Å². The molecule has 2 heterocycles. The van der Waals surface area contributed by atoms with Crippen molar-refractivity contribution in [1.29, 1.82) is 0 Å². The van der Waals surface area contributed by atoms with E-state index < -0.39 is 12.2 Å². The van der Waals surface area contributed by atoms with Crippen LogP contribution in [0.5, 0.6) is 0 Å². The molecule has 0 saturated carbocycles. The van der Waals surface area contributed by atoms with Gasteiger partial charge in [-0.05, 0) is 12.3 Å². The van der Waals surface area contributed by atoms with Gasteiger partial charge in [0.1, 0.15) is 12.2 Å². The lowest BCUT2D eigenvalue weighted by Crippen LogP contribution is -2.36. The van der Waals surface area contributed by atoms with Crippen LogP contribution in [0.4, 0.5) is 0 Å². The maximum atomic E-state index is 11.7. The molecule has 0 spiro atoms. The topological polar surface area (TPSA) is 71.1 Å². The lowest BCUT2D eigenvalue weighted by Gasteiger charge is -2.17. The van der Waals surface area contributed by atoms with Gasteiger partial charge in [-0.2, -0.15) is 0 Å². The van der Waals surface area contributed by atoms with E-state index in [0.29, 0.717) is 26.1 Å². The molecule has 0 aromatic heterocycles. The first-order chi connectivity index (χ1) is 10.0. The van der Waals surface area contributed by atoms with Crippen LogP contribution in [0.15, 0.2) is 0 Å². The van der Waals surface area contributed by atoms with Crippen molar-refractivity contribution in [1.82, 2.24) is 0 Å². The summed E-state index contributed by atoms with van der Waals surface area (Å²) in [6.45, 7) is 6.44. The number of rotatable bonds is 6. The van der Waals surface area contributed by atoms with Crippen LogP contribution in [0, 0.1) is 5.92 Å². The number of hydrogen-bond acceptors (Lipinski definition) is 6. The van der Waals surface area contributed by atoms with Crippen molar-refractivity contribution in [3.05, 3.63) is 0 Å². The molecule has 0 unspecified atom stereocenters. The minimum absolute atomic E-state index is 0.240. The Labute approximate surface area is 125 Å². The average Bonchev–Trinajstić information content (AvgIpc) is 2.93. The van der Waals surface area contributed by atoms with Gasteiger partial charge in [0, 0.05) is 12.8 Å². The van der Waals surface area contributed by atoms with Crippen molar-refractivity contribution in [2.24, 2.45) is 5.92 Å². The summed E-state index contributed by atoms with van der Waals surface area (Å²) >= 11 is 0. The summed E-state index contributed by atoms with van der Waals surface area (Å²) in [6, 6.07) is 0. The van der Waals surface area contributed by atoms with E-state index in [-0.39, 0.29) is 30.1 Å². The third-order valence-electron chi connectivity index (χ3n) is 3.56. The summed E-state index contributed by atoms with van der Waals surface area (Å²) in [5.74, 6) is -0.229. The molecule has 4 atom stereocenters. The summed E-state index contributed by atoms with van der Waals surface area (Å²) < 4.78 is 22.0. The third-order valence-corrected chi connectivity index (χ3v) is 3.56. The van der Waals surface area contributed by atoms with E-state index in [9.17, 15) is 9.59 Å². The van der Waals surface area contributed by atoms with Crippen molar-refractivity contribution in [2.75, 3.05) is 13.2 Å². The van der Waals surface area contributed by atoms with E-state index in [1.165, 1.54) is 0 Å². The molecule has 6 heteroatoms. The Bertz CT molecular complexity index is 380. The Morgan fingerprint density at radius 1 is 1.05 bits per heavy atom. The molecule has 21 heavy (non-hydrogen) atoms. The molecule has 2 rings (SSSR count). The van der Waals surface area contributed by atoms with Crippen molar-refractivity contribution in [2.45, 2.75) is 64.4 Å². The van der Waals surface area contributed by atoms with Crippen LogP contribution in [0.2, 0.25) is 0 Å². The summed E-state index contributed by atoms with van der Waals surface area (Å²) in [5.41, 5.74) is 0. The van der Waals surface area contributed by atoms with Crippen LogP contribution in [-0.4, -0.2) is 49.6 Å². The number of fused-ring (bicyclic) bond motifs is 1. The summed E-state index contributed by atoms with van der Waals surface area (Å²) in [5, 5.41) is 0. The molecule has 2 fully saturated rings. The van der Waals surface area contributed by atoms with E-state index in [4.69, 9.17) is 18.9 Å². The lowest BCUT2D eigenvalue weighted by molar-refractivity contribution is -0.155. The van der Waals surface area contributed by atoms with E-state index in [1.54, 1.807) is 0 Å². The summed E-state index contributed by atoms with van der Waals surface area (Å²) in [4.78, 5) is 23.3. The smallest absolute Gasteiger partial charge is 0.306 e. The van der Waals surface area contributed by atoms with E-state index in [1.807, 2.05) is 20.8 Å². The molecule has 0 aromatic rings. The third kappa shape index (κ3) is 4.17. The van der Waals surface area contributed by atoms with Crippen molar-refractivity contribution < 1.29 is 28.5 Å². The van der Waals surface area contributed by atoms with Crippen molar-refractivity contribution in [3.8, 4) is 0 Å². The number of ether oxygens (including phenoxy) is 4. The van der Waals surface area contributed by atoms with E-state index in [2.05, 4.69) is 0 Å². The fraction of sp³-hybridized carbons (Fsp3) is 0.867. The van der Waals surface area contributed by atoms with Gasteiger partial charge in [0.2, 0.25) is 0 Å². The van der Waals surface area contributed by atoms with Gasteiger partial charge in [0.15, 0.2) is 12.2 Å². The maximum Gasteiger partial charge on any atom is 0.306 e. The van der Waals surface area contributed by atoms with Gasteiger partial charge in [-0.25, -0.2) is 0 Å². The second-order valence-electron chi connectivity index (χ2n) is 6.00. The fourth-order valence-electron chi connectivity index (χ4n) is 2.61. The van der Waals surface area contributed by atoms with Gasteiger partial charge in [-0.15, -0.1) is 0 Å². The largest absolute Gasteiger partial charge is 0.457 e. The normalized spacial score (nSPS) is 31.2. The number of hydrogen-bond donors (Lipinski definition) is 0. The zero-order chi connectivity index (χ0) is 15.4. The molecule has 120 valence electrons. The fourth-order valence-corrected chi connectivity index (χ4v) is 2.61. The van der Waals surface area contributed by atoms with Crippen molar-refractivity contribution in [3.63, 3.8) is 0 Å². The summed E-state index contributed by atoms with van der Waals surface area (Å²) in [6.07, 6.45) is 0.0440. The van der Waals surface area contributed by atoms with Crippen LogP contribution in [0.3, 0.4) is 0 Å². The second-order valence-corrected chi connectivity index (χ2v) is 6.00. The predicted molar refractivity (Wildman–Crippen MR) is 73.6 cm³/mol. The molecule has 2 aliphatic heterocycles. The van der Waals surface area contributed by atoms with Crippen LogP contribution >= 0.6 is 0 Å². The minimum Gasteiger partial charge on any atom is -0.457 e. The Kier molecular flexibility index (Phi) is 5.58. The van der Waals surface area contributed by atoms with E-state index >= 15 is 0 Å². The first kappa shape index (κ1) is 16.2. The van der Waals surface area contributed by atoms with Gasteiger partial charge in [0.25, 0.3) is 0 Å². The van der Waals surface area contributed by atoms with Gasteiger partial charge in [0.05, 0.1) is 13.2 Å². The molecule has 0 amide bonds. The first-order valence-corrected chi connectivity index (χ1v) is 7.63. The molecular weight excluding hydrogens is 276 g/mol. The highest BCUT2D eigenvalue weighted by atomic mass is 16.7. The molecule has 0 radical (unpaired) electrons. The van der Waals surface area contributed by atoms with Crippen LogP contribution in [-0.2, 0) is 28.5 Å². The monoisotopic (exact) mass is 300 g/mol. The maximum absolute atomic E-state index is 11.7.